The average Bonchev–Trinajstić information content (AvgIpc) is 3.16. The highest BCUT2D eigenvalue weighted by atomic mass is 32.2. The van der Waals surface area contributed by atoms with Gasteiger partial charge in [0.1, 0.15) is 6.04 Å². The Balaban J connectivity index is 1.64. The number of hydrogen-bond acceptors (Lipinski definition) is 6. The topological polar surface area (TPSA) is 80.9 Å². The maximum absolute atomic E-state index is 12.4. The maximum atomic E-state index is 12.4. The van der Waals surface area contributed by atoms with Gasteiger partial charge in [-0.2, -0.15) is 4.98 Å². The van der Waals surface area contributed by atoms with Crippen molar-refractivity contribution in [1.82, 2.24) is 20.4 Å². The summed E-state index contributed by atoms with van der Waals surface area (Å²) < 4.78 is 5.42. The van der Waals surface area contributed by atoms with Crippen LogP contribution in [0.2, 0.25) is 0 Å². The molecule has 6 nitrogen and oxygen atoms in total. The van der Waals surface area contributed by atoms with Crippen LogP contribution in [0.3, 0.4) is 0 Å². The van der Waals surface area contributed by atoms with Gasteiger partial charge in [0.2, 0.25) is 17.6 Å². The first-order valence-electron chi connectivity index (χ1n) is 8.76. The summed E-state index contributed by atoms with van der Waals surface area (Å²) in [6.07, 6.45) is 3.35. The molecular formula is C20H22N4O2S. The van der Waals surface area contributed by atoms with Gasteiger partial charge in [0, 0.05) is 22.9 Å². The van der Waals surface area contributed by atoms with Crippen LogP contribution in [0, 0.1) is 12.8 Å². The standard InChI is InChI=1S/C20H22N4O2S/c1-13(2)18(20-23-19(24-26-20)15-8-10-21-11-9-15)22-17(25)12-27-16-6-4-14(3)5-7-16/h4-11,13,18H,12H2,1-3H3,(H,22,25). The number of nitrogens with zero attached hydrogens (tertiary/aromatic N) is 3. The number of rotatable bonds is 7. The first-order valence-corrected chi connectivity index (χ1v) is 9.74. The summed E-state index contributed by atoms with van der Waals surface area (Å²) in [6, 6.07) is 11.4. The van der Waals surface area contributed by atoms with Gasteiger partial charge in [0.25, 0.3) is 0 Å². The molecule has 1 unspecified atom stereocenters. The van der Waals surface area contributed by atoms with E-state index in [1.54, 1.807) is 12.4 Å². The van der Waals surface area contributed by atoms with Crippen molar-refractivity contribution in [3.8, 4) is 11.4 Å². The smallest absolute Gasteiger partial charge is 0.249 e. The number of aryl methyl sites for hydroxylation is 1. The van der Waals surface area contributed by atoms with Crippen molar-refractivity contribution in [2.45, 2.75) is 31.7 Å². The van der Waals surface area contributed by atoms with Gasteiger partial charge in [-0.3, -0.25) is 9.78 Å². The second-order valence-corrected chi connectivity index (χ2v) is 7.63. The molecule has 0 fully saturated rings. The number of carbonyl (C=O) groups is 1. The van der Waals surface area contributed by atoms with Crippen LogP contribution in [0.15, 0.2) is 58.2 Å². The maximum Gasteiger partial charge on any atom is 0.249 e. The van der Waals surface area contributed by atoms with Crippen LogP contribution < -0.4 is 5.32 Å². The lowest BCUT2D eigenvalue weighted by molar-refractivity contribution is -0.119. The lowest BCUT2D eigenvalue weighted by atomic mass is 10.0. The van der Waals surface area contributed by atoms with E-state index in [1.165, 1.54) is 17.3 Å². The van der Waals surface area contributed by atoms with Crippen molar-refractivity contribution in [2.75, 3.05) is 5.75 Å². The molecule has 0 saturated carbocycles. The fraction of sp³-hybridized carbons (Fsp3) is 0.300. The van der Waals surface area contributed by atoms with E-state index in [9.17, 15) is 4.79 Å². The van der Waals surface area contributed by atoms with Crippen LogP contribution in [0.5, 0.6) is 0 Å². The predicted molar refractivity (Wildman–Crippen MR) is 105 cm³/mol. The molecule has 7 heteroatoms. The van der Waals surface area contributed by atoms with E-state index in [-0.39, 0.29) is 17.9 Å². The van der Waals surface area contributed by atoms with Crippen molar-refractivity contribution in [2.24, 2.45) is 5.92 Å². The van der Waals surface area contributed by atoms with Gasteiger partial charge >= 0.3 is 0 Å². The van der Waals surface area contributed by atoms with E-state index in [0.717, 1.165) is 10.5 Å². The molecular weight excluding hydrogens is 360 g/mol. The normalized spacial score (nSPS) is 12.1. The highest BCUT2D eigenvalue weighted by Crippen LogP contribution is 2.24. The number of thioether (sulfide) groups is 1. The van der Waals surface area contributed by atoms with Gasteiger partial charge in [-0.25, -0.2) is 0 Å². The third-order valence-corrected chi connectivity index (χ3v) is 5.03. The predicted octanol–water partition coefficient (Wildman–Crippen LogP) is 4.05. The number of pyridine rings is 1. The zero-order valence-electron chi connectivity index (χ0n) is 15.5. The third-order valence-electron chi connectivity index (χ3n) is 4.02. The summed E-state index contributed by atoms with van der Waals surface area (Å²) in [5.41, 5.74) is 2.02. The average molecular weight is 382 g/mol. The highest BCUT2D eigenvalue weighted by Gasteiger charge is 2.24. The van der Waals surface area contributed by atoms with Gasteiger partial charge in [0.05, 0.1) is 5.75 Å². The molecule has 0 aliphatic rings. The molecule has 1 amide bonds. The molecule has 3 rings (SSSR count). The minimum absolute atomic E-state index is 0.0667. The Hall–Kier alpha value is -2.67. The SMILES string of the molecule is Cc1ccc(SCC(=O)NC(c2nc(-c3ccncc3)no2)C(C)C)cc1. The fourth-order valence-corrected chi connectivity index (χ4v) is 3.20. The second-order valence-electron chi connectivity index (χ2n) is 6.58. The molecule has 2 aromatic heterocycles. The molecule has 0 radical (unpaired) electrons. The summed E-state index contributed by atoms with van der Waals surface area (Å²) in [7, 11) is 0. The van der Waals surface area contributed by atoms with Crippen LogP contribution >= 0.6 is 11.8 Å². The minimum atomic E-state index is -0.334. The Kier molecular flexibility index (Phi) is 6.24. The summed E-state index contributed by atoms with van der Waals surface area (Å²) in [5, 5.41) is 7.04. The molecule has 27 heavy (non-hydrogen) atoms. The van der Waals surface area contributed by atoms with Gasteiger partial charge in [-0.1, -0.05) is 36.7 Å². The molecule has 140 valence electrons. The minimum Gasteiger partial charge on any atom is -0.343 e. The van der Waals surface area contributed by atoms with E-state index >= 15 is 0 Å². The lowest BCUT2D eigenvalue weighted by Crippen LogP contribution is -2.33. The van der Waals surface area contributed by atoms with Crippen LogP contribution in [-0.4, -0.2) is 26.8 Å². The number of carbonyl (C=O) groups excluding carboxylic acids is 1. The molecule has 2 heterocycles. The van der Waals surface area contributed by atoms with Crippen LogP contribution in [0.4, 0.5) is 0 Å². The Morgan fingerprint density at radius 3 is 2.52 bits per heavy atom. The van der Waals surface area contributed by atoms with Crippen LogP contribution in [-0.2, 0) is 4.79 Å². The molecule has 1 N–H and O–H groups in total. The summed E-state index contributed by atoms with van der Waals surface area (Å²) in [6.45, 7) is 6.06. The summed E-state index contributed by atoms with van der Waals surface area (Å²) in [4.78, 5) is 21.9. The number of aromatic nitrogens is 3. The van der Waals surface area contributed by atoms with Crippen molar-refractivity contribution in [1.29, 1.82) is 0 Å². The summed E-state index contributed by atoms with van der Waals surface area (Å²) >= 11 is 1.50. The van der Waals surface area contributed by atoms with Gasteiger partial charge < -0.3 is 9.84 Å². The molecule has 1 aromatic carbocycles. The Morgan fingerprint density at radius 1 is 1.15 bits per heavy atom. The van der Waals surface area contributed by atoms with Crippen molar-refractivity contribution in [3.05, 3.63) is 60.2 Å². The first kappa shape index (κ1) is 19.1. The zero-order chi connectivity index (χ0) is 19.2. The van der Waals surface area contributed by atoms with Crippen molar-refractivity contribution in [3.63, 3.8) is 0 Å². The van der Waals surface area contributed by atoms with Gasteiger partial charge in [0.15, 0.2) is 0 Å². The van der Waals surface area contributed by atoms with Gasteiger partial charge in [-0.05, 0) is 37.1 Å². The first-order chi connectivity index (χ1) is 13.0. The molecule has 0 spiro atoms. The number of benzene rings is 1. The second kappa shape index (κ2) is 8.81. The largest absolute Gasteiger partial charge is 0.343 e. The van der Waals surface area contributed by atoms with E-state index in [4.69, 9.17) is 4.52 Å². The van der Waals surface area contributed by atoms with Crippen LogP contribution in [0.25, 0.3) is 11.4 Å². The van der Waals surface area contributed by atoms with E-state index in [2.05, 4.69) is 20.4 Å². The molecule has 1 atom stereocenters. The Labute approximate surface area is 162 Å². The van der Waals surface area contributed by atoms with E-state index in [0.29, 0.717) is 17.5 Å². The Bertz CT molecular complexity index is 879. The molecule has 0 aliphatic heterocycles. The number of amides is 1. The quantitative estimate of drug-likeness (QED) is 0.621. The molecule has 0 saturated heterocycles. The zero-order valence-corrected chi connectivity index (χ0v) is 16.4. The van der Waals surface area contributed by atoms with E-state index in [1.807, 2.05) is 57.2 Å². The van der Waals surface area contributed by atoms with Crippen molar-refractivity contribution < 1.29 is 9.32 Å². The molecule has 0 aliphatic carbocycles. The Morgan fingerprint density at radius 2 is 1.85 bits per heavy atom. The van der Waals surface area contributed by atoms with Crippen molar-refractivity contribution >= 4 is 17.7 Å². The highest BCUT2D eigenvalue weighted by molar-refractivity contribution is 8.00. The monoisotopic (exact) mass is 382 g/mol. The molecule has 0 bridgehead atoms. The summed E-state index contributed by atoms with van der Waals surface area (Å²) in [5.74, 6) is 1.27. The van der Waals surface area contributed by atoms with Crippen LogP contribution in [0.1, 0.15) is 31.3 Å². The number of nitrogens with one attached hydrogen (secondary N) is 1. The van der Waals surface area contributed by atoms with Gasteiger partial charge in [-0.15, -0.1) is 11.8 Å². The van der Waals surface area contributed by atoms with E-state index < -0.39 is 0 Å². The fourth-order valence-electron chi connectivity index (χ4n) is 2.49. The lowest BCUT2D eigenvalue weighted by Gasteiger charge is -2.18. The molecule has 3 aromatic rings. The number of hydrogen-bond donors (Lipinski definition) is 1. The third kappa shape index (κ3) is 5.17.